The number of quaternary nitrogens is 1. The first kappa shape index (κ1) is 60.4. The van der Waals surface area contributed by atoms with Crippen LogP contribution in [-0.2, 0) is 18.4 Å². The van der Waals surface area contributed by atoms with E-state index in [2.05, 4.69) is 104 Å². The molecule has 0 aromatic heterocycles. The molecule has 8 nitrogen and oxygen atoms in total. The predicted molar refractivity (Wildman–Crippen MR) is 272 cm³/mol. The fourth-order valence-electron chi connectivity index (χ4n) is 6.59. The van der Waals surface area contributed by atoms with Gasteiger partial charge in [-0.25, -0.2) is 4.57 Å². The molecule has 0 aromatic carbocycles. The number of amides is 1. The fourth-order valence-corrected chi connectivity index (χ4v) is 7.32. The molecule has 3 atom stereocenters. The van der Waals surface area contributed by atoms with Crippen LogP contribution in [0.2, 0.25) is 0 Å². The molecule has 0 aromatic rings. The van der Waals surface area contributed by atoms with Crippen molar-refractivity contribution in [2.75, 3.05) is 40.9 Å². The summed E-state index contributed by atoms with van der Waals surface area (Å²) in [5.74, 6) is -0.198. The largest absolute Gasteiger partial charge is 0.472 e. The molecule has 0 rings (SSSR count). The van der Waals surface area contributed by atoms with Crippen LogP contribution in [0.25, 0.3) is 0 Å². The van der Waals surface area contributed by atoms with Gasteiger partial charge in [0.25, 0.3) is 0 Å². The van der Waals surface area contributed by atoms with Crippen LogP contribution in [0.15, 0.2) is 97.2 Å². The second-order valence-corrected chi connectivity index (χ2v) is 19.3. The molecule has 0 bridgehead atoms. The first-order valence-electron chi connectivity index (χ1n) is 25.1. The molecule has 0 saturated carbocycles. The predicted octanol–water partition coefficient (Wildman–Crippen LogP) is 14.7. The third-order valence-electron chi connectivity index (χ3n) is 10.5. The van der Waals surface area contributed by atoms with E-state index in [0.717, 1.165) is 83.5 Å². The number of hydrogen-bond acceptors (Lipinski definition) is 5. The zero-order chi connectivity index (χ0) is 46.4. The Morgan fingerprint density at radius 2 is 0.968 bits per heavy atom. The van der Waals surface area contributed by atoms with E-state index < -0.39 is 20.0 Å². The molecule has 3 unspecified atom stereocenters. The summed E-state index contributed by atoms with van der Waals surface area (Å²) in [6, 6.07) is -0.870. The Labute approximate surface area is 388 Å². The highest BCUT2D eigenvalue weighted by molar-refractivity contribution is 7.47. The third-order valence-corrected chi connectivity index (χ3v) is 11.5. The van der Waals surface area contributed by atoms with Gasteiger partial charge in [-0.3, -0.25) is 13.8 Å². The molecule has 0 spiro atoms. The Morgan fingerprint density at radius 3 is 1.46 bits per heavy atom. The number of rotatable bonds is 44. The van der Waals surface area contributed by atoms with Gasteiger partial charge in [0.2, 0.25) is 5.91 Å². The summed E-state index contributed by atoms with van der Waals surface area (Å²) in [5.41, 5.74) is 0. The monoisotopic (exact) mass is 900 g/mol. The minimum atomic E-state index is -4.35. The van der Waals surface area contributed by atoms with Gasteiger partial charge < -0.3 is 19.8 Å². The van der Waals surface area contributed by atoms with E-state index in [0.29, 0.717) is 17.4 Å². The quantitative estimate of drug-likeness (QED) is 0.0243. The molecule has 0 aliphatic heterocycles. The summed E-state index contributed by atoms with van der Waals surface area (Å²) < 4.78 is 23.6. The van der Waals surface area contributed by atoms with E-state index in [1.165, 1.54) is 83.5 Å². The van der Waals surface area contributed by atoms with Gasteiger partial charge in [-0.05, 0) is 83.5 Å². The average Bonchev–Trinajstić information content (AvgIpc) is 3.24. The van der Waals surface area contributed by atoms with Crippen molar-refractivity contribution in [1.82, 2.24) is 5.32 Å². The van der Waals surface area contributed by atoms with E-state index in [1.54, 1.807) is 6.08 Å². The maximum absolute atomic E-state index is 12.9. The highest BCUT2D eigenvalue weighted by Crippen LogP contribution is 2.43. The summed E-state index contributed by atoms with van der Waals surface area (Å²) in [6.07, 6.45) is 63.5. The Hall–Kier alpha value is -2.58. The molecule has 0 aliphatic carbocycles. The molecular formula is C54H96N2O6P+. The van der Waals surface area contributed by atoms with Crippen LogP contribution in [0, 0.1) is 0 Å². The zero-order valence-electron chi connectivity index (χ0n) is 41.0. The highest BCUT2D eigenvalue weighted by atomic mass is 31.2. The number of hydrogen-bond donors (Lipinski definition) is 3. The van der Waals surface area contributed by atoms with Gasteiger partial charge in [-0.15, -0.1) is 0 Å². The Balaban J connectivity index is 4.24. The van der Waals surface area contributed by atoms with Gasteiger partial charge >= 0.3 is 7.82 Å². The van der Waals surface area contributed by atoms with E-state index in [1.807, 2.05) is 27.2 Å². The number of nitrogens with zero attached hydrogens (tertiary/aromatic N) is 1. The van der Waals surface area contributed by atoms with Gasteiger partial charge in [-0.1, -0.05) is 195 Å². The number of unbranched alkanes of at least 4 members (excludes halogenated alkanes) is 17. The first-order valence-corrected chi connectivity index (χ1v) is 26.6. The standard InChI is InChI=1S/C54H95N2O6P/c1-6-8-10-12-14-16-18-20-21-22-23-24-25-26-27-28-29-30-31-32-33-34-35-36-38-40-42-44-46-48-54(58)55-52(51-62-63(59,60)61-50-49-56(3,4)5)53(57)47-45-43-41-39-37-19-17-15-13-11-9-7-2/h8,10,14,16,20-21,23-24,26-27,29-30,37,39,45,47,52-53,57H,6-7,9,11-13,15,17-19,22,25,28,31-36,38,40-44,46,48-51H2,1-5H3,(H-,55,58,59,60)/p+1/b10-8-,16-14-,21-20-,24-23-,27-26-,30-29-,39-37+,47-45+. The molecular weight excluding hydrogens is 804 g/mol. The van der Waals surface area contributed by atoms with E-state index >= 15 is 0 Å². The summed E-state index contributed by atoms with van der Waals surface area (Å²) in [7, 11) is 1.54. The Kier molecular flexibility index (Phi) is 42.8. The van der Waals surface area contributed by atoms with Gasteiger partial charge in [0.05, 0.1) is 39.9 Å². The second kappa shape index (κ2) is 44.6. The number of aliphatic hydroxyl groups is 1. The van der Waals surface area contributed by atoms with Crippen molar-refractivity contribution in [1.29, 1.82) is 0 Å². The van der Waals surface area contributed by atoms with Gasteiger partial charge in [0, 0.05) is 6.42 Å². The lowest BCUT2D eigenvalue weighted by atomic mass is 10.0. The van der Waals surface area contributed by atoms with Crippen molar-refractivity contribution >= 4 is 13.7 Å². The summed E-state index contributed by atoms with van der Waals surface area (Å²) >= 11 is 0. The molecule has 63 heavy (non-hydrogen) atoms. The lowest BCUT2D eigenvalue weighted by Gasteiger charge is -2.25. The zero-order valence-corrected chi connectivity index (χ0v) is 41.9. The number of phosphoric acid groups is 1. The number of likely N-dealkylation sites (N-methyl/N-ethyl adjacent to an activating group) is 1. The SMILES string of the molecule is CC/C=C\C/C=C\C/C=C\C/C=C\C/C=C\C/C=C\CCCCCCCCCCCCC(=O)NC(COP(=O)(O)OCC[N+](C)(C)C)C(O)/C=C/CC/C=C/CCCCCCCC. The molecule has 0 fully saturated rings. The smallest absolute Gasteiger partial charge is 0.387 e. The normalized spacial score (nSPS) is 15.0. The van der Waals surface area contributed by atoms with E-state index in [4.69, 9.17) is 9.05 Å². The van der Waals surface area contributed by atoms with Crippen LogP contribution >= 0.6 is 7.82 Å². The molecule has 9 heteroatoms. The van der Waals surface area contributed by atoms with Crippen molar-refractivity contribution in [2.24, 2.45) is 0 Å². The lowest BCUT2D eigenvalue weighted by Crippen LogP contribution is -2.45. The van der Waals surface area contributed by atoms with Crippen molar-refractivity contribution in [3.05, 3.63) is 97.2 Å². The van der Waals surface area contributed by atoms with Gasteiger partial charge in [0.15, 0.2) is 0 Å². The number of carbonyl (C=O) groups is 1. The van der Waals surface area contributed by atoms with Crippen LogP contribution in [0.4, 0.5) is 0 Å². The molecule has 0 heterocycles. The van der Waals surface area contributed by atoms with Crippen LogP contribution < -0.4 is 5.32 Å². The summed E-state index contributed by atoms with van der Waals surface area (Å²) in [5, 5.41) is 13.8. The fraction of sp³-hybridized carbons (Fsp3) is 0.685. The topological polar surface area (TPSA) is 105 Å². The van der Waals surface area contributed by atoms with Crippen molar-refractivity contribution in [3.63, 3.8) is 0 Å². The second-order valence-electron chi connectivity index (χ2n) is 17.8. The van der Waals surface area contributed by atoms with Crippen LogP contribution in [0.3, 0.4) is 0 Å². The number of carbonyl (C=O) groups excluding carboxylic acids is 1. The molecule has 0 aliphatic rings. The van der Waals surface area contributed by atoms with Gasteiger partial charge in [0.1, 0.15) is 13.2 Å². The molecule has 0 saturated heterocycles. The van der Waals surface area contributed by atoms with Crippen molar-refractivity contribution in [2.45, 2.75) is 199 Å². The van der Waals surface area contributed by atoms with Gasteiger partial charge in [-0.2, -0.15) is 0 Å². The Morgan fingerprint density at radius 1 is 0.556 bits per heavy atom. The molecule has 3 N–H and O–H groups in total. The van der Waals surface area contributed by atoms with Crippen LogP contribution in [0.5, 0.6) is 0 Å². The minimum absolute atomic E-state index is 0.0505. The average molecular weight is 900 g/mol. The van der Waals surface area contributed by atoms with Crippen molar-refractivity contribution in [3.8, 4) is 0 Å². The summed E-state index contributed by atoms with van der Waals surface area (Å²) in [4.78, 5) is 23.2. The van der Waals surface area contributed by atoms with E-state index in [9.17, 15) is 19.4 Å². The molecule has 1 amide bonds. The van der Waals surface area contributed by atoms with Crippen molar-refractivity contribution < 1.29 is 32.9 Å². The summed E-state index contributed by atoms with van der Waals surface area (Å²) in [6.45, 7) is 4.64. The maximum Gasteiger partial charge on any atom is 0.472 e. The highest BCUT2D eigenvalue weighted by Gasteiger charge is 2.27. The first-order chi connectivity index (χ1) is 30.5. The number of nitrogens with one attached hydrogen (secondary N) is 1. The number of aliphatic hydroxyl groups excluding tert-OH is 1. The van der Waals surface area contributed by atoms with E-state index in [-0.39, 0.29) is 19.1 Å². The Bertz CT molecular complexity index is 1340. The molecule has 0 radical (unpaired) electrons. The number of allylic oxidation sites excluding steroid dienone is 15. The minimum Gasteiger partial charge on any atom is -0.387 e. The van der Waals surface area contributed by atoms with Crippen LogP contribution in [0.1, 0.15) is 187 Å². The maximum atomic E-state index is 12.9. The number of phosphoric ester groups is 1. The molecule has 362 valence electrons. The third kappa shape index (κ3) is 47.2. The lowest BCUT2D eigenvalue weighted by molar-refractivity contribution is -0.870. The van der Waals surface area contributed by atoms with Crippen LogP contribution in [-0.4, -0.2) is 73.4 Å².